The molecule has 0 saturated heterocycles. The molecule has 0 aliphatic rings. The Labute approximate surface area is 91.5 Å². The number of methoxy groups -OCH3 is 1. The standard InChI is InChI=1S/C10H13NO2.C2H6/c1-13-10(12)7-8-11-9-5-3-2-4-6-9;1-2/h2-6,11H,7-8H2,1H3;1-2H3. The minimum atomic E-state index is -0.191. The van der Waals surface area contributed by atoms with Crippen LogP contribution in [0.2, 0.25) is 0 Å². The molecular formula is C12H19NO2. The van der Waals surface area contributed by atoms with Crippen molar-refractivity contribution >= 4 is 11.7 Å². The van der Waals surface area contributed by atoms with E-state index in [2.05, 4.69) is 10.1 Å². The van der Waals surface area contributed by atoms with Crippen LogP contribution in [0.4, 0.5) is 5.69 Å². The monoisotopic (exact) mass is 209 g/mol. The summed E-state index contributed by atoms with van der Waals surface area (Å²) in [6.45, 7) is 4.61. The summed E-state index contributed by atoms with van der Waals surface area (Å²) in [5.41, 5.74) is 1.02. The van der Waals surface area contributed by atoms with E-state index in [4.69, 9.17) is 0 Å². The molecular weight excluding hydrogens is 190 g/mol. The van der Waals surface area contributed by atoms with Gasteiger partial charge in [-0.05, 0) is 12.1 Å². The number of para-hydroxylation sites is 1. The second kappa shape index (κ2) is 9.06. The molecule has 0 spiro atoms. The second-order valence-electron chi connectivity index (χ2n) is 2.62. The molecule has 3 nitrogen and oxygen atoms in total. The second-order valence-corrected chi connectivity index (χ2v) is 2.62. The summed E-state index contributed by atoms with van der Waals surface area (Å²) in [4.78, 5) is 10.7. The lowest BCUT2D eigenvalue weighted by molar-refractivity contribution is -0.140. The molecule has 0 heterocycles. The number of esters is 1. The van der Waals surface area contributed by atoms with Crippen LogP contribution in [0.3, 0.4) is 0 Å². The van der Waals surface area contributed by atoms with Crippen LogP contribution in [0.25, 0.3) is 0 Å². The Hall–Kier alpha value is -1.51. The largest absolute Gasteiger partial charge is 0.469 e. The van der Waals surface area contributed by atoms with Crippen LogP contribution in [0, 0.1) is 0 Å². The Balaban J connectivity index is 0.000000921. The third-order valence-electron chi connectivity index (χ3n) is 1.66. The van der Waals surface area contributed by atoms with E-state index in [0.717, 1.165) is 5.69 Å². The van der Waals surface area contributed by atoms with Crippen molar-refractivity contribution < 1.29 is 9.53 Å². The molecule has 1 N–H and O–H groups in total. The summed E-state index contributed by atoms with van der Waals surface area (Å²) >= 11 is 0. The number of benzene rings is 1. The smallest absolute Gasteiger partial charge is 0.307 e. The molecule has 1 aromatic rings. The molecule has 0 aliphatic heterocycles. The first-order chi connectivity index (χ1) is 7.33. The summed E-state index contributed by atoms with van der Waals surface area (Å²) in [5, 5.41) is 3.11. The van der Waals surface area contributed by atoms with Crippen LogP contribution in [0.5, 0.6) is 0 Å². The number of rotatable bonds is 4. The highest BCUT2D eigenvalue weighted by molar-refractivity contribution is 5.69. The number of ether oxygens (including phenoxy) is 1. The molecule has 0 radical (unpaired) electrons. The molecule has 84 valence electrons. The van der Waals surface area contributed by atoms with E-state index in [9.17, 15) is 4.79 Å². The summed E-state index contributed by atoms with van der Waals surface area (Å²) in [5.74, 6) is -0.191. The number of anilines is 1. The van der Waals surface area contributed by atoms with Gasteiger partial charge in [0.05, 0.1) is 13.5 Å². The fourth-order valence-electron chi connectivity index (χ4n) is 0.967. The SMILES string of the molecule is CC.COC(=O)CCNc1ccccc1. The number of nitrogens with one attached hydrogen (secondary N) is 1. The molecule has 1 rings (SSSR count). The number of hydrogen-bond acceptors (Lipinski definition) is 3. The predicted octanol–water partition coefficient (Wildman–Crippen LogP) is 2.69. The van der Waals surface area contributed by atoms with Gasteiger partial charge in [0, 0.05) is 12.2 Å². The molecule has 3 heteroatoms. The molecule has 1 aromatic carbocycles. The Morgan fingerprint density at radius 3 is 2.40 bits per heavy atom. The third-order valence-corrected chi connectivity index (χ3v) is 1.66. The van der Waals surface area contributed by atoms with E-state index in [1.54, 1.807) is 0 Å². The van der Waals surface area contributed by atoms with Crippen molar-refractivity contribution in [2.45, 2.75) is 20.3 Å². The van der Waals surface area contributed by atoms with E-state index in [1.807, 2.05) is 44.2 Å². The fraction of sp³-hybridized carbons (Fsp3) is 0.417. The van der Waals surface area contributed by atoms with Crippen LogP contribution >= 0.6 is 0 Å². The van der Waals surface area contributed by atoms with Gasteiger partial charge >= 0.3 is 5.97 Å². The molecule has 0 bridgehead atoms. The molecule has 0 fully saturated rings. The molecule has 15 heavy (non-hydrogen) atoms. The Morgan fingerprint density at radius 2 is 1.87 bits per heavy atom. The number of carbonyl (C=O) groups excluding carboxylic acids is 1. The topological polar surface area (TPSA) is 38.3 Å². The normalized spacial score (nSPS) is 8.47. The minimum absolute atomic E-state index is 0.191. The van der Waals surface area contributed by atoms with Gasteiger partial charge in [-0.3, -0.25) is 4.79 Å². The van der Waals surface area contributed by atoms with Crippen molar-refractivity contribution in [1.82, 2.24) is 0 Å². The van der Waals surface area contributed by atoms with Crippen LogP contribution in [-0.2, 0) is 9.53 Å². The first kappa shape index (κ1) is 13.5. The van der Waals surface area contributed by atoms with Gasteiger partial charge in [0.25, 0.3) is 0 Å². The lowest BCUT2D eigenvalue weighted by Gasteiger charge is -2.04. The first-order valence-electron chi connectivity index (χ1n) is 5.18. The Kier molecular flexibility index (Phi) is 8.15. The maximum atomic E-state index is 10.7. The maximum Gasteiger partial charge on any atom is 0.307 e. The van der Waals surface area contributed by atoms with E-state index in [1.165, 1.54) is 7.11 Å². The summed E-state index contributed by atoms with van der Waals surface area (Å²) < 4.78 is 4.51. The lowest BCUT2D eigenvalue weighted by atomic mass is 10.3. The highest BCUT2D eigenvalue weighted by Gasteiger charge is 1.98. The van der Waals surface area contributed by atoms with Crippen LogP contribution < -0.4 is 5.32 Å². The molecule has 0 amide bonds. The zero-order chi connectivity index (χ0) is 11.5. The number of hydrogen-bond donors (Lipinski definition) is 1. The van der Waals surface area contributed by atoms with Gasteiger partial charge < -0.3 is 10.1 Å². The molecule has 0 aromatic heterocycles. The van der Waals surface area contributed by atoms with Gasteiger partial charge in [-0.15, -0.1) is 0 Å². The van der Waals surface area contributed by atoms with Crippen molar-refractivity contribution in [3.63, 3.8) is 0 Å². The quantitative estimate of drug-likeness (QED) is 0.775. The van der Waals surface area contributed by atoms with E-state index in [-0.39, 0.29) is 5.97 Å². The summed E-state index contributed by atoms with van der Waals surface area (Å²) in [7, 11) is 1.39. The van der Waals surface area contributed by atoms with Gasteiger partial charge in [-0.2, -0.15) is 0 Å². The van der Waals surface area contributed by atoms with E-state index >= 15 is 0 Å². The third kappa shape index (κ3) is 6.55. The van der Waals surface area contributed by atoms with Gasteiger partial charge in [0.1, 0.15) is 0 Å². The van der Waals surface area contributed by atoms with Crippen molar-refractivity contribution in [2.24, 2.45) is 0 Å². The van der Waals surface area contributed by atoms with Crippen molar-refractivity contribution in [3.05, 3.63) is 30.3 Å². The van der Waals surface area contributed by atoms with Gasteiger partial charge in [0.2, 0.25) is 0 Å². The minimum Gasteiger partial charge on any atom is -0.469 e. The van der Waals surface area contributed by atoms with Crippen LogP contribution in [0.1, 0.15) is 20.3 Å². The van der Waals surface area contributed by atoms with Crippen LogP contribution in [0.15, 0.2) is 30.3 Å². The maximum absolute atomic E-state index is 10.7. The average molecular weight is 209 g/mol. The van der Waals surface area contributed by atoms with E-state index < -0.39 is 0 Å². The summed E-state index contributed by atoms with van der Waals surface area (Å²) in [6.07, 6.45) is 0.394. The molecule has 0 unspecified atom stereocenters. The highest BCUT2D eigenvalue weighted by Crippen LogP contribution is 2.04. The molecule has 0 saturated carbocycles. The zero-order valence-electron chi connectivity index (χ0n) is 9.62. The number of carbonyl (C=O) groups is 1. The van der Waals surface area contributed by atoms with Crippen molar-refractivity contribution in [1.29, 1.82) is 0 Å². The highest BCUT2D eigenvalue weighted by atomic mass is 16.5. The predicted molar refractivity (Wildman–Crippen MR) is 62.9 cm³/mol. The first-order valence-corrected chi connectivity index (χ1v) is 5.18. The van der Waals surface area contributed by atoms with Crippen LogP contribution in [-0.4, -0.2) is 19.6 Å². The van der Waals surface area contributed by atoms with E-state index in [0.29, 0.717) is 13.0 Å². The summed E-state index contributed by atoms with van der Waals surface area (Å²) in [6, 6.07) is 9.75. The fourth-order valence-corrected chi connectivity index (χ4v) is 0.967. The van der Waals surface area contributed by atoms with Gasteiger partial charge in [-0.1, -0.05) is 32.0 Å². The lowest BCUT2D eigenvalue weighted by Crippen LogP contribution is -2.09. The zero-order valence-corrected chi connectivity index (χ0v) is 9.62. The molecule has 0 aliphatic carbocycles. The van der Waals surface area contributed by atoms with Crippen molar-refractivity contribution in [3.8, 4) is 0 Å². The Bertz CT molecular complexity index is 260. The van der Waals surface area contributed by atoms with Gasteiger partial charge in [0.15, 0.2) is 0 Å². The Morgan fingerprint density at radius 1 is 1.27 bits per heavy atom. The van der Waals surface area contributed by atoms with Gasteiger partial charge in [-0.25, -0.2) is 0 Å². The van der Waals surface area contributed by atoms with Crippen molar-refractivity contribution in [2.75, 3.05) is 19.0 Å². The average Bonchev–Trinajstić information content (AvgIpc) is 2.33. The molecule has 0 atom stereocenters.